The number of anilines is 1. The highest BCUT2D eigenvalue weighted by Gasteiger charge is 2.18. The molecule has 0 spiro atoms. The summed E-state index contributed by atoms with van der Waals surface area (Å²) in [4.78, 5) is 35.3. The number of ether oxygens (including phenoxy) is 1. The lowest BCUT2D eigenvalue weighted by Gasteiger charge is -2.19. The zero-order chi connectivity index (χ0) is 20.9. The summed E-state index contributed by atoms with van der Waals surface area (Å²) in [6.07, 6.45) is 0.197. The summed E-state index contributed by atoms with van der Waals surface area (Å²) < 4.78 is 5.29. The summed E-state index contributed by atoms with van der Waals surface area (Å²) in [6, 6.07) is 11.7. The smallest absolute Gasteiger partial charge is 0.338 e. The van der Waals surface area contributed by atoms with Crippen LogP contribution in [0.5, 0.6) is 0 Å². The van der Waals surface area contributed by atoms with Gasteiger partial charge in [0.25, 0.3) is 0 Å². The van der Waals surface area contributed by atoms with Crippen LogP contribution in [0.4, 0.5) is 5.69 Å². The van der Waals surface area contributed by atoms with E-state index in [0.29, 0.717) is 16.8 Å². The molecule has 7 nitrogen and oxygen atoms in total. The van der Waals surface area contributed by atoms with Crippen molar-refractivity contribution < 1.29 is 24.2 Å². The Morgan fingerprint density at radius 2 is 1.71 bits per heavy atom. The molecule has 2 aromatic rings. The van der Waals surface area contributed by atoms with E-state index < -0.39 is 29.5 Å². The summed E-state index contributed by atoms with van der Waals surface area (Å²) in [6.45, 7) is 5.35. The number of carboxylic acid groups (broad SMARTS) is 1. The average molecular weight is 384 g/mol. The molecule has 0 saturated carbocycles. The summed E-state index contributed by atoms with van der Waals surface area (Å²) in [5.41, 5.74) is 7.02. The molecule has 0 aliphatic carbocycles. The molecule has 1 amide bonds. The minimum Gasteiger partial charge on any atom is -0.478 e. The second-order valence-electron chi connectivity index (χ2n) is 7.38. The molecule has 28 heavy (non-hydrogen) atoms. The van der Waals surface area contributed by atoms with E-state index in [1.54, 1.807) is 57.2 Å². The first kappa shape index (κ1) is 21.1. The van der Waals surface area contributed by atoms with Crippen LogP contribution in [0.3, 0.4) is 0 Å². The van der Waals surface area contributed by atoms with Gasteiger partial charge in [0.2, 0.25) is 5.91 Å². The fourth-order valence-electron chi connectivity index (χ4n) is 2.44. The van der Waals surface area contributed by atoms with Gasteiger partial charge in [0.05, 0.1) is 17.2 Å². The van der Waals surface area contributed by atoms with E-state index >= 15 is 0 Å². The van der Waals surface area contributed by atoms with Gasteiger partial charge in [0.15, 0.2) is 0 Å². The Morgan fingerprint density at radius 1 is 1.07 bits per heavy atom. The lowest BCUT2D eigenvalue weighted by molar-refractivity contribution is -0.117. The van der Waals surface area contributed by atoms with Crippen LogP contribution in [0.15, 0.2) is 48.5 Å². The normalized spacial score (nSPS) is 12.1. The third-order valence-electron chi connectivity index (χ3n) is 3.75. The van der Waals surface area contributed by atoms with Gasteiger partial charge in [-0.05, 0) is 69.2 Å². The van der Waals surface area contributed by atoms with Crippen LogP contribution in [-0.4, -0.2) is 34.6 Å². The predicted octanol–water partition coefficient (Wildman–Crippen LogP) is 2.85. The number of carbonyl (C=O) groups excluding carboxylic acids is 2. The second kappa shape index (κ2) is 8.67. The molecule has 0 bridgehead atoms. The summed E-state index contributed by atoms with van der Waals surface area (Å²) in [7, 11) is 0. The van der Waals surface area contributed by atoms with Crippen molar-refractivity contribution in [3.05, 3.63) is 65.2 Å². The third kappa shape index (κ3) is 6.21. The highest BCUT2D eigenvalue weighted by molar-refractivity contribution is 5.96. The van der Waals surface area contributed by atoms with Crippen LogP contribution in [0, 0.1) is 0 Å². The topological polar surface area (TPSA) is 119 Å². The van der Waals surface area contributed by atoms with Gasteiger partial charge in [0.1, 0.15) is 5.60 Å². The van der Waals surface area contributed by atoms with Gasteiger partial charge in [0, 0.05) is 5.69 Å². The Hall–Kier alpha value is -3.19. The van der Waals surface area contributed by atoms with Gasteiger partial charge >= 0.3 is 11.9 Å². The minimum atomic E-state index is -1.04. The van der Waals surface area contributed by atoms with Crippen LogP contribution < -0.4 is 11.1 Å². The summed E-state index contributed by atoms with van der Waals surface area (Å²) in [5, 5.41) is 11.7. The van der Waals surface area contributed by atoms with E-state index in [1.807, 2.05) is 0 Å². The van der Waals surface area contributed by atoms with Gasteiger partial charge < -0.3 is 20.9 Å². The fraction of sp³-hybridized carbons (Fsp3) is 0.286. The monoisotopic (exact) mass is 384 g/mol. The molecular formula is C21H24N2O5. The van der Waals surface area contributed by atoms with Crippen molar-refractivity contribution in [1.82, 2.24) is 0 Å². The number of esters is 1. The number of nitrogens with one attached hydrogen (secondary N) is 1. The highest BCUT2D eigenvalue weighted by atomic mass is 16.6. The van der Waals surface area contributed by atoms with Crippen molar-refractivity contribution in [3.63, 3.8) is 0 Å². The number of carbonyl (C=O) groups is 3. The Kier molecular flexibility index (Phi) is 6.53. The summed E-state index contributed by atoms with van der Waals surface area (Å²) >= 11 is 0. The Labute approximate surface area is 163 Å². The van der Waals surface area contributed by atoms with Crippen LogP contribution in [0.25, 0.3) is 0 Å². The molecule has 2 rings (SSSR count). The maximum absolute atomic E-state index is 12.3. The maximum Gasteiger partial charge on any atom is 0.338 e. The second-order valence-corrected chi connectivity index (χ2v) is 7.38. The number of amides is 1. The number of hydrogen-bond acceptors (Lipinski definition) is 5. The Bertz CT molecular complexity index is 869. The van der Waals surface area contributed by atoms with E-state index in [2.05, 4.69) is 5.32 Å². The van der Waals surface area contributed by atoms with Gasteiger partial charge in [-0.2, -0.15) is 0 Å². The summed E-state index contributed by atoms with van der Waals surface area (Å²) in [5.74, 6) is -1.89. The number of carboxylic acids is 1. The number of rotatable bonds is 6. The lowest BCUT2D eigenvalue weighted by Crippen LogP contribution is -2.37. The first-order valence-corrected chi connectivity index (χ1v) is 8.77. The molecular weight excluding hydrogens is 360 g/mol. The molecule has 2 aromatic carbocycles. The van der Waals surface area contributed by atoms with Crippen LogP contribution >= 0.6 is 0 Å². The van der Waals surface area contributed by atoms with Crippen molar-refractivity contribution in [2.75, 3.05) is 5.32 Å². The van der Waals surface area contributed by atoms with Gasteiger partial charge in [-0.1, -0.05) is 12.1 Å². The third-order valence-corrected chi connectivity index (χ3v) is 3.75. The molecule has 0 aliphatic rings. The van der Waals surface area contributed by atoms with Crippen molar-refractivity contribution >= 4 is 23.5 Å². The lowest BCUT2D eigenvalue weighted by atomic mass is 10.0. The molecule has 1 atom stereocenters. The fourth-order valence-corrected chi connectivity index (χ4v) is 2.44. The molecule has 0 saturated heterocycles. The highest BCUT2D eigenvalue weighted by Crippen LogP contribution is 2.15. The molecule has 0 radical (unpaired) electrons. The number of nitrogens with two attached hydrogens (primary N) is 1. The maximum atomic E-state index is 12.3. The molecule has 0 aliphatic heterocycles. The Morgan fingerprint density at radius 3 is 2.29 bits per heavy atom. The molecule has 0 fully saturated rings. The first-order chi connectivity index (χ1) is 13.0. The van der Waals surface area contributed by atoms with Crippen LogP contribution in [0.1, 0.15) is 47.1 Å². The van der Waals surface area contributed by atoms with Crippen molar-refractivity contribution in [2.45, 2.75) is 38.8 Å². The zero-order valence-electron chi connectivity index (χ0n) is 16.1. The number of hydrogen-bond donors (Lipinski definition) is 3. The largest absolute Gasteiger partial charge is 0.478 e. The van der Waals surface area contributed by atoms with E-state index in [0.717, 1.165) is 0 Å². The predicted molar refractivity (Wildman–Crippen MR) is 105 cm³/mol. The molecule has 7 heteroatoms. The van der Waals surface area contributed by atoms with Crippen molar-refractivity contribution in [3.8, 4) is 0 Å². The SMILES string of the molecule is CC(C)(C)OC(=O)c1ccc(NC(=O)C(N)Cc2cccc(C(=O)O)c2)cc1. The molecule has 0 aromatic heterocycles. The van der Waals surface area contributed by atoms with E-state index in [-0.39, 0.29) is 12.0 Å². The van der Waals surface area contributed by atoms with Gasteiger partial charge in [-0.25, -0.2) is 9.59 Å². The van der Waals surface area contributed by atoms with Crippen LogP contribution in [0.2, 0.25) is 0 Å². The standard InChI is InChI=1S/C21H24N2O5/c1-21(2,3)28-20(27)14-7-9-16(10-8-14)23-18(24)17(22)12-13-5-4-6-15(11-13)19(25)26/h4-11,17H,12,22H2,1-3H3,(H,23,24)(H,25,26). The minimum absolute atomic E-state index is 0.142. The van der Waals surface area contributed by atoms with Gasteiger partial charge in [-0.3, -0.25) is 4.79 Å². The number of benzene rings is 2. The molecule has 0 heterocycles. The number of aromatic carboxylic acids is 1. The van der Waals surface area contributed by atoms with E-state index in [4.69, 9.17) is 15.6 Å². The van der Waals surface area contributed by atoms with E-state index in [9.17, 15) is 14.4 Å². The quantitative estimate of drug-likeness (QED) is 0.659. The Balaban J connectivity index is 1.97. The molecule has 4 N–H and O–H groups in total. The van der Waals surface area contributed by atoms with Crippen LogP contribution in [-0.2, 0) is 16.0 Å². The molecule has 148 valence electrons. The van der Waals surface area contributed by atoms with E-state index in [1.165, 1.54) is 12.1 Å². The first-order valence-electron chi connectivity index (χ1n) is 8.77. The van der Waals surface area contributed by atoms with Crippen molar-refractivity contribution in [1.29, 1.82) is 0 Å². The molecule has 1 unspecified atom stereocenters. The zero-order valence-corrected chi connectivity index (χ0v) is 16.1. The van der Waals surface area contributed by atoms with Crippen molar-refractivity contribution in [2.24, 2.45) is 5.73 Å². The van der Waals surface area contributed by atoms with Gasteiger partial charge in [-0.15, -0.1) is 0 Å². The average Bonchev–Trinajstić information content (AvgIpc) is 2.61.